The van der Waals surface area contributed by atoms with Gasteiger partial charge in [0.2, 0.25) is 5.91 Å². The highest BCUT2D eigenvalue weighted by Crippen LogP contribution is 2.22. The zero-order chi connectivity index (χ0) is 9.97. The molecule has 2 N–H and O–H groups in total. The molecule has 0 aliphatic rings. The molecule has 2 rings (SSSR count). The second-order valence-corrected chi connectivity index (χ2v) is 4.16. The Morgan fingerprint density at radius 3 is 2.93 bits per heavy atom. The van der Waals surface area contributed by atoms with Crippen LogP contribution in [-0.4, -0.2) is 10.9 Å². The number of fused-ring (bicyclic) bond motifs is 1. The molecule has 0 bridgehead atoms. The maximum atomic E-state index is 10.6. The van der Waals surface area contributed by atoms with Gasteiger partial charge in [0.25, 0.3) is 0 Å². The van der Waals surface area contributed by atoms with Gasteiger partial charge in [0.15, 0.2) is 0 Å². The van der Waals surface area contributed by atoms with E-state index >= 15 is 0 Å². The van der Waals surface area contributed by atoms with E-state index < -0.39 is 0 Å². The molecule has 0 aliphatic carbocycles. The first kappa shape index (κ1) is 9.15. The third-order valence-electron chi connectivity index (χ3n) is 1.92. The Morgan fingerprint density at radius 2 is 2.21 bits per heavy atom. The third kappa shape index (κ3) is 1.90. The monoisotopic (exact) mass is 206 g/mol. The normalized spacial score (nSPS) is 10.6. The predicted molar refractivity (Wildman–Crippen MR) is 57.1 cm³/mol. The van der Waals surface area contributed by atoms with Gasteiger partial charge in [-0.25, -0.2) is 4.98 Å². The summed E-state index contributed by atoms with van der Waals surface area (Å²) in [5.41, 5.74) is 6.07. The number of carbonyl (C=O) groups excluding carboxylic acids is 1. The van der Waals surface area contributed by atoms with Crippen molar-refractivity contribution in [1.29, 1.82) is 0 Å². The van der Waals surface area contributed by atoms with Crippen molar-refractivity contribution in [2.75, 3.05) is 0 Å². The molecule has 0 atom stereocenters. The van der Waals surface area contributed by atoms with Crippen molar-refractivity contribution < 1.29 is 4.79 Å². The lowest BCUT2D eigenvalue weighted by molar-refractivity contribution is -0.117. The molecule has 1 heterocycles. The molecule has 72 valence electrons. The Labute approximate surface area is 85.6 Å². The Bertz CT molecular complexity index is 431. The van der Waals surface area contributed by atoms with Gasteiger partial charge in [-0.2, -0.15) is 0 Å². The molecule has 14 heavy (non-hydrogen) atoms. The van der Waals surface area contributed by atoms with Crippen molar-refractivity contribution >= 4 is 27.5 Å². The highest BCUT2D eigenvalue weighted by molar-refractivity contribution is 7.18. The van der Waals surface area contributed by atoms with Gasteiger partial charge < -0.3 is 5.73 Å². The predicted octanol–water partition coefficient (Wildman–Crippen LogP) is 1.71. The number of nitrogens with zero attached hydrogens (tertiary/aromatic N) is 1. The highest BCUT2D eigenvalue weighted by Gasteiger charge is 2.03. The maximum Gasteiger partial charge on any atom is 0.217 e. The lowest BCUT2D eigenvalue weighted by Gasteiger charge is -1.89. The van der Waals surface area contributed by atoms with Gasteiger partial charge in [0.1, 0.15) is 0 Å². The third-order valence-corrected chi connectivity index (χ3v) is 3.02. The van der Waals surface area contributed by atoms with Gasteiger partial charge in [-0.05, 0) is 12.1 Å². The molecule has 0 aliphatic heterocycles. The van der Waals surface area contributed by atoms with Crippen LogP contribution in [0.2, 0.25) is 0 Å². The number of primary amides is 1. The number of hydrogen-bond acceptors (Lipinski definition) is 3. The van der Waals surface area contributed by atoms with E-state index in [4.69, 9.17) is 5.73 Å². The van der Waals surface area contributed by atoms with Crippen LogP contribution in [-0.2, 0) is 11.2 Å². The van der Waals surface area contributed by atoms with Crippen LogP contribution in [0.15, 0.2) is 24.3 Å². The number of benzene rings is 1. The van der Waals surface area contributed by atoms with Crippen LogP contribution in [0.25, 0.3) is 10.2 Å². The lowest BCUT2D eigenvalue weighted by atomic mass is 10.3. The summed E-state index contributed by atoms with van der Waals surface area (Å²) in [7, 11) is 0. The number of aryl methyl sites for hydroxylation is 1. The van der Waals surface area contributed by atoms with Crippen molar-refractivity contribution in [3.63, 3.8) is 0 Å². The van der Waals surface area contributed by atoms with Gasteiger partial charge in [-0.15, -0.1) is 11.3 Å². The standard InChI is InChI=1S/C10H10N2OS/c11-9(13)5-6-10-12-7-3-1-2-4-8(7)14-10/h1-4H,5-6H2,(H2,11,13). The van der Waals surface area contributed by atoms with Crippen LogP contribution in [0, 0.1) is 0 Å². The van der Waals surface area contributed by atoms with Crippen molar-refractivity contribution in [1.82, 2.24) is 4.98 Å². The van der Waals surface area contributed by atoms with Crippen LogP contribution >= 0.6 is 11.3 Å². The molecule has 0 unspecified atom stereocenters. The van der Waals surface area contributed by atoms with Crippen LogP contribution in [0.4, 0.5) is 0 Å². The highest BCUT2D eigenvalue weighted by atomic mass is 32.1. The number of amides is 1. The van der Waals surface area contributed by atoms with Crippen molar-refractivity contribution in [3.05, 3.63) is 29.3 Å². The zero-order valence-corrected chi connectivity index (χ0v) is 8.38. The van der Waals surface area contributed by atoms with Crippen LogP contribution in [0.5, 0.6) is 0 Å². The zero-order valence-electron chi connectivity index (χ0n) is 7.56. The van der Waals surface area contributed by atoms with E-state index in [1.54, 1.807) is 11.3 Å². The SMILES string of the molecule is NC(=O)CCc1nc2ccccc2s1. The van der Waals surface area contributed by atoms with E-state index in [9.17, 15) is 4.79 Å². The molecule has 0 spiro atoms. The minimum Gasteiger partial charge on any atom is -0.370 e. The average molecular weight is 206 g/mol. The Morgan fingerprint density at radius 1 is 1.43 bits per heavy atom. The largest absolute Gasteiger partial charge is 0.370 e. The number of rotatable bonds is 3. The molecule has 0 radical (unpaired) electrons. The first-order valence-corrected chi connectivity index (χ1v) is 5.20. The molecule has 3 nitrogen and oxygen atoms in total. The summed E-state index contributed by atoms with van der Waals surface area (Å²) in [6.45, 7) is 0. The molecule has 2 aromatic rings. The van der Waals surface area contributed by atoms with Crippen molar-refractivity contribution in [2.24, 2.45) is 5.73 Å². The minimum absolute atomic E-state index is 0.274. The van der Waals surface area contributed by atoms with Gasteiger partial charge in [-0.1, -0.05) is 12.1 Å². The van der Waals surface area contributed by atoms with E-state index in [0.29, 0.717) is 12.8 Å². The summed E-state index contributed by atoms with van der Waals surface area (Å²) in [4.78, 5) is 15.0. The lowest BCUT2D eigenvalue weighted by Crippen LogP contribution is -2.10. The molecule has 1 aromatic carbocycles. The van der Waals surface area contributed by atoms with Gasteiger partial charge in [0.05, 0.1) is 15.2 Å². The van der Waals surface area contributed by atoms with E-state index in [-0.39, 0.29) is 5.91 Å². The summed E-state index contributed by atoms with van der Waals surface area (Å²) in [6.07, 6.45) is 1.02. The fourth-order valence-corrected chi connectivity index (χ4v) is 2.22. The molecule has 0 saturated heterocycles. The Balaban J connectivity index is 2.22. The smallest absolute Gasteiger partial charge is 0.217 e. The van der Waals surface area contributed by atoms with E-state index in [0.717, 1.165) is 15.2 Å². The summed E-state index contributed by atoms with van der Waals surface area (Å²) in [5, 5.41) is 0.977. The molecule has 0 fully saturated rings. The molecule has 1 amide bonds. The fraction of sp³-hybridized carbons (Fsp3) is 0.200. The molecular weight excluding hydrogens is 196 g/mol. The number of aromatic nitrogens is 1. The summed E-state index contributed by atoms with van der Waals surface area (Å²) in [6, 6.07) is 7.94. The molecular formula is C10H10N2OS. The quantitative estimate of drug-likeness (QED) is 0.831. The number of para-hydroxylation sites is 1. The summed E-state index contributed by atoms with van der Waals surface area (Å²) in [5.74, 6) is -0.274. The first-order chi connectivity index (χ1) is 6.75. The van der Waals surface area contributed by atoms with Crippen molar-refractivity contribution in [3.8, 4) is 0 Å². The number of carbonyl (C=O) groups is 1. The van der Waals surface area contributed by atoms with E-state index in [1.807, 2.05) is 24.3 Å². The minimum atomic E-state index is -0.274. The van der Waals surface area contributed by atoms with Crippen LogP contribution in [0.3, 0.4) is 0 Å². The number of thiazole rings is 1. The Kier molecular flexibility index (Phi) is 2.45. The number of hydrogen-bond donors (Lipinski definition) is 1. The average Bonchev–Trinajstić information content (AvgIpc) is 2.57. The second-order valence-electron chi connectivity index (χ2n) is 3.04. The first-order valence-electron chi connectivity index (χ1n) is 4.38. The molecule has 4 heteroatoms. The number of nitrogens with two attached hydrogens (primary N) is 1. The van der Waals surface area contributed by atoms with Gasteiger partial charge >= 0.3 is 0 Å². The fourth-order valence-electron chi connectivity index (χ4n) is 1.26. The maximum absolute atomic E-state index is 10.6. The van der Waals surface area contributed by atoms with E-state index in [1.165, 1.54) is 0 Å². The summed E-state index contributed by atoms with van der Waals surface area (Å²) >= 11 is 1.62. The van der Waals surface area contributed by atoms with E-state index in [2.05, 4.69) is 4.98 Å². The van der Waals surface area contributed by atoms with Gasteiger partial charge in [0, 0.05) is 12.8 Å². The Hall–Kier alpha value is -1.42. The van der Waals surface area contributed by atoms with Crippen molar-refractivity contribution in [2.45, 2.75) is 12.8 Å². The summed E-state index contributed by atoms with van der Waals surface area (Å²) < 4.78 is 1.16. The topological polar surface area (TPSA) is 56.0 Å². The molecule has 1 aromatic heterocycles. The molecule has 0 saturated carbocycles. The van der Waals surface area contributed by atoms with Crippen LogP contribution in [0.1, 0.15) is 11.4 Å². The van der Waals surface area contributed by atoms with Crippen LogP contribution < -0.4 is 5.73 Å². The van der Waals surface area contributed by atoms with Gasteiger partial charge in [-0.3, -0.25) is 4.79 Å². The second kappa shape index (κ2) is 3.75.